The minimum atomic E-state index is -0.354. The molecule has 1 aromatic rings. The molecule has 1 amide bonds. The van der Waals surface area contributed by atoms with Crippen molar-refractivity contribution in [3.05, 3.63) is 30.1 Å². The Morgan fingerprint density at radius 1 is 1.48 bits per heavy atom. The van der Waals surface area contributed by atoms with Gasteiger partial charge in [-0.2, -0.15) is 0 Å². The fraction of sp³-hybridized carbons (Fsp3) is 0.562. The van der Waals surface area contributed by atoms with Crippen LogP contribution < -0.4 is 11.1 Å². The van der Waals surface area contributed by atoms with Gasteiger partial charge in [-0.05, 0) is 36.5 Å². The second-order valence-electron chi connectivity index (χ2n) is 6.11. The first-order valence-corrected chi connectivity index (χ1v) is 7.49. The molecule has 0 aromatic heterocycles. The van der Waals surface area contributed by atoms with E-state index in [-0.39, 0.29) is 17.8 Å². The molecule has 0 saturated carbocycles. The highest BCUT2D eigenvalue weighted by Crippen LogP contribution is 2.26. The number of hydrogen-bond donors (Lipinski definition) is 2. The summed E-state index contributed by atoms with van der Waals surface area (Å²) in [6.07, 6.45) is 1.14. The number of anilines is 1. The zero-order valence-corrected chi connectivity index (χ0v) is 12.7. The molecule has 1 heterocycles. The predicted octanol–water partition coefficient (Wildman–Crippen LogP) is 2.07. The van der Waals surface area contributed by atoms with E-state index in [1.807, 2.05) is 0 Å². The van der Waals surface area contributed by atoms with Gasteiger partial charge in [0.15, 0.2) is 0 Å². The third kappa shape index (κ3) is 4.25. The van der Waals surface area contributed by atoms with Crippen LogP contribution in [0.3, 0.4) is 0 Å². The quantitative estimate of drug-likeness (QED) is 0.893. The normalized spacial score (nSPS) is 26.6. The van der Waals surface area contributed by atoms with Crippen molar-refractivity contribution in [2.45, 2.75) is 26.3 Å². The molecule has 4 nitrogen and oxygen atoms in total. The predicted molar refractivity (Wildman–Crippen MR) is 82.4 cm³/mol. The summed E-state index contributed by atoms with van der Waals surface area (Å²) >= 11 is 0. The maximum absolute atomic E-state index is 13.1. The summed E-state index contributed by atoms with van der Waals surface area (Å²) in [5.41, 5.74) is 6.34. The highest BCUT2D eigenvalue weighted by Gasteiger charge is 2.31. The number of nitrogens with two attached hydrogens (primary N) is 1. The minimum Gasteiger partial charge on any atom is -0.329 e. The second kappa shape index (κ2) is 7.00. The molecule has 1 fully saturated rings. The number of carbonyl (C=O) groups is 1. The number of benzene rings is 1. The van der Waals surface area contributed by atoms with Crippen molar-refractivity contribution in [1.29, 1.82) is 0 Å². The van der Waals surface area contributed by atoms with E-state index in [1.54, 1.807) is 12.1 Å². The Kier molecular flexibility index (Phi) is 5.31. The lowest BCUT2D eigenvalue weighted by Crippen LogP contribution is -2.53. The maximum atomic E-state index is 13.1. The van der Waals surface area contributed by atoms with Crippen LogP contribution in [0.15, 0.2) is 24.3 Å². The molecule has 1 aliphatic heterocycles. The van der Waals surface area contributed by atoms with Gasteiger partial charge in [0.25, 0.3) is 0 Å². The van der Waals surface area contributed by atoms with Crippen LogP contribution in [0.25, 0.3) is 0 Å². The van der Waals surface area contributed by atoms with E-state index in [0.29, 0.717) is 30.6 Å². The van der Waals surface area contributed by atoms with Crippen molar-refractivity contribution >= 4 is 11.6 Å². The summed E-state index contributed by atoms with van der Waals surface area (Å²) in [5.74, 6) is 0.568. The number of amides is 1. The van der Waals surface area contributed by atoms with E-state index in [1.165, 1.54) is 12.1 Å². The molecule has 2 rings (SSSR count). The molecular weight excluding hydrogens is 269 g/mol. The van der Waals surface area contributed by atoms with Crippen LogP contribution >= 0.6 is 0 Å². The summed E-state index contributed by atoms with van der Waals surface area (Å²) < 4.78 is 13.1. The molecule has 3 atom stereocenters. The molecule has 21 heavy (non-hydrogen) atoms. The third-order valence-electron chi connectivity index (χ3n) is 4.14. The summed E-state index contributed by atoms with van der Waals surface area (Å²) in [6, 6.07) is 6.18. The van der Waals surface area contributed by atoms with Gasteiger partial charge in [-0.3, -0.25) is 9.69 Å². The molecule has 3 unspecified atom stereocenters. The van der Waals surface area contributed by atoms with Gasteiger partial charge in [-0.25, -0.2) is 4.39 Å². The molecule has 5 heteroatoms. The van der Waals surface area contributed by atoms with Crippen molar-refractivity contribution in [2.75, 3.05) is 25.0 Å². The van der Waals surface area contributed by atoms with Gasteiger partial charge in [-0.1, -0.05) is 19.9 Å². The van der Waals surface area contributed by atoms with Crippen LogP contribution in [0.1, 0.15) is 20.3 Å². The largest absolute Gasteiger partial charge is 0.329 e. The van der Waals surface area contributed by atoms with E-state index >= 15 is 0 Å². The summed E-state index contributed by atoms with van der Waals surface area (Å²) in [5, 5.41) is 2.74. The Morgan fingerprint density at radius 2 is 2.24 bits per heavy atom. The highest BCUT2D eigenvalue weighted by atomic mass is 19.1. The smallest absolute Gasteiger partial charge is 0.238 e. The Labute approximate surface area is 125 Å². The highest BCUT2D eigenvalue weighted by molar-refractivity contribution is 5.92. The Hall–Kier alpha value is -1.46. The number of hydrogen-bond acceptors (Lipinski definition) is 3. The van der Waals surface area contributed by atoms with Crippen LogP contribution in [0.4, 0.5) is 10.1 Å². The summed E-state index contributed by atoms with van der Waals surface area (Å²) in [4.78, 5) is 14.3. The minimum absolute atomic E-state index is 0.125. The summed E-state index contributed by atoms with van der Waals surface area (Å²) in [6.45, 7) is 6.11. The van der Waals surface area contributed by atoms with Crippen molar-refractivity contribution in [1.82, 2.24) is 4.90 Å². The monoisotopic (exact) mass is 293 g/mol. The fourth-order valence-corrected chi connectivity index (χ4v) is 3.28. The number of nitrogens with one attached hydrogen (secondary N) is 1. The first kappa shape index (κ1) is 15.9. The molecule has 0 aliphatic carbocycles. The Balaban J connectivity index is 1.97. The van der Waals surface area contributed by atoms with Gasteiger partial charge in [0.1, 0.15) is 5.82 Å². The molecule has 1 saturated heterocycles. The van der Waals surface area contributed by atoms with Gasteiger partial charge < -0.3 is 11.1 Å². The first-order chi connectivity index (χ1) is 9.99. The van der Waals surface area contributed by atoms with Crippen LogP contribution in [0, 0.1) is 17.7 Å². The molecule has 1 aromatic carbocycles. The lowest BCUT2D eigenvalue weighted by Gasteiger charge is -2.42. The average molecular weight is 293 g/mol. The number of rotatable bonds is 4. The van der Waals surface area contributed by atoms with Gasteiger partial charge in [0.2, 0.25) is 5.91 Å². The maximum Gasteiger partial charge on any atom is 0.238 e. The van der Waals surface area contributed by atoms with Crippen LogP contribution in [-0.2, 0) is 4.79 Å². The van der Waals surface area contributed by atoms with E-state index in [9.17, 15) is 9.18 Å². The van der Waals surface area contributed by atoms with Crippen LogP contribution in [0.5, 0.6) is 0 Å². The zero-order chi connectivity index (χ0) is 15.4. The van der Waals surface area contributed by atoms with E-state index in [2.05, 4.69) is 24.1 Å². The molecule has 0 bridgehead atoms. The van der Waals surface area contributed by atoms with E-state index in [0.717, 1.165) is 13.0 Å². The van der Waals surface area contributed by atoms with Gasteiger partial charge in [-0.15, -0.1) is 0 Å². The number of likely N-dealkylation sites (tertiary alicyclic amines) is 1. The van der Waals surface area contributed by atoms with E-state index in [4.69, 9.17) is 5.73 Å². The summed E-state index contributed by atoms with van der Waals surface area (Å²) in [7, 11) is 0. The second-order valence-corrected chi connectivity index (χ2v) is 6.11. The molecular formula is C16H24FN3O. The van der Waals surface area contributed by atoms with Gasteiger partial charge in [0.05, 0.1) is 6.54 Å². The number of carbonyl (C=O) groups excluding carboxylic acids is 1. The topological polar surface area (TPSA) is 58.4 Å². The zero-order valence-electron chi connectivity index (χ0n) is 12.7. The van der Waals surface area contributed by atoms with Crippen molar-refractivity contribution in [3.63, 3.8) is 0 Å². The van der Waals surface area contributed by atoms with Crippen molar-refractivity contribution < 1.29 is 9.18 Å². The number of piperidine rings is 1. The first-order valence-electron chi connectivity index (χ1n) is 7.49. The molecule has 0 spiro atoms. The van der Waals surface area contributed by atoms with Crippen LogP contribution in [-0.4, -0.2) is 36.5 Å². The third-order valence-corrected chi connectivity index (χ3v) is 4.14. The lowest BCUT2D eigenvalue weighted by atomic mass is 9.85. The van der Waals surface area contributed by atoms with Gasteiger partial charge >= 0.3 is 0 Å². The lowest BCUT2D eigenvalue weighted by molar-refractivity contribution is -0.118. The number of nitrogens with zero attached hydrogens (tertiary/aromatic N) is 1. The SMILES string of the molecule is CC1CC(C)C(CN)N(CC(=O)Nc2cccc(F)c2)C1. The van der Waals surface area contributed by atoms with Crippen LogP contribution in [0.2, 0.25) is 0 Å². The van der Waals surface area contributed by atoms with Crippen molar-refractivity contribution in [3.8, 4) is 0 Å². The van der Waals surface area contributed by atoms with E-state index < -0.39 is 0 Å². The molecule has 1 aliphatic rings. The average Bonchev–Trinajstić information content (AvgIpc) is 2.37. The van der Waals surface area contributed by atoms with Gasteiger partial charge in [0, 0.05) is 24.8 Å². The Morgan fingerprint density at radius 3 is 2.90 bits per heavy atom. The molecule has 116 valence electrons. The standard InChI is InChI=1S/C16H24FN3O/c1-11-6-12(2)15(8-18)20(9-11)10-16(21)19-14-5-3-4-13(17)7-14/h3-5,7,11-12,15H,6,8-10,18H2,1-2H3,(H,19,21). The Bertz CT molecular complexity index is 494. The molecule has 3 N–H and O–H groups in total. The number of halogens is 1. The fourth-order valence-electron chi connectivity index (χ4n) is 3.28. The molecule has 0 radical (unpaired) electrons. The van der Waals surface area contributed by atoms with Crippen molar-refractivity contribution in [2.24, 2.45) is 17.6 Å².